The normalized spacial score (nSPS) is 44.6. The number of rotatable bonds is 4. The number of hydrogen-bond acceptors (Lipinski definition) is 6. The van der Waals surface area contributed by atoms with Gasteiger partial charge >= 0.3 is 0 Å². The van der Waals surface area contributed by atoms with Gasteiger partial charge in [0, 0.05) is 27.3 Å². The predicted molar refractivity (Wildman–Crippen MR) is 58.7 cm³/mol. The van der Waals surface area contributed by atoms with E-state index in [1.165, 1.54) is 14.2 Å². The minimum atomic E-state index is -1.00. The van der Waals surface area contributed by atoms with Crippen LogP contribution in [0.2, 0.25) is 0 Å². The van der Waals surface area contributed by atoms with Crippen LogP contribution in [-0.2, 0) is 18.9 Å². The van der Waals surface area contributed by atoms with Gasteiger partial charge in [0.2, 0.25) is 11.6 Å². The summed E-state index contributed by atoms with van der Waals surface area (Å²) in [6, 6.07) is 0. The van der Waals surface area contributed by atoms with Crippen LogP contribution in [0.3, 0.4) is 0 Å². The molecule has 16 heavy (non-hydrogen) atoms. The lowest BCUT2D eigenvalue weighted by Crippen LogP contribution is -2.67. The Labute approximate surface area is 96.2 Å². The van der Waals surface area contributed by atoms with E-state index in [1.54, 1.807) is 13.8 Å². The van der Waals surface area contributed by atoms with Crippen molar-refractivity contribution in [1.29, 1.82) is 0 Å². The summed E-state index contributed by atoms with van der Waals surface area (Å²) in [4.78, 5) is 0. The number of methoxy groups -OCH3 is 2. The summed E-state index contributed by atoms with van der Waals surface area (Å²) < 4.78 is 22.3. The van der Waals surface area contributed by atoms with Crippen molar-refractivity contribution >= 4 is 0 Å². The van der Waals surface area contributed by atoms with Gasteiger partial charge in [0.15, 0.2) is 0 Å². The molecule has 0 aromatic heterocycles. The van der Waals surface area contributed by atoms with E-state index in [9.17, 15) is 0 Å². The van der Waals surface area contributed by atoms with Crippen molar-refractivity contribution in [2.45, 2.75) is 37.6 Å². The van der Waals surface area contributed by atoms with E-state index in [0.717, 1.165) is 0 Å². The van der Waals surface area contributed by atoms with E-state index < -0.39 is 11.6 Å². The average Bonchev–Trinajstić information content (AvgIpc) is 2.31. The molecule has 0 radical (unpaired) electrons. The summed E-state index contributed by atoms with van der Waals surface area (Å²) in [5.41, 5.74) is 11.2. The van der Waals surface area contributed by atoms with E-state index in [4.69, 9.17) is 30.4 Å². The van der Waals surface area contributed by atoms with Gasteiger partial charge in [-0.05, 0) is 13.8 Å². The van der Waals surface area contributed by atoms with Crippen LogP contribution in [0.5, 0.6) is 0 Å². The fourth-order valence-electron chi connectivity index (χ4n) is 1.81. The summed E-state index contributed by atoms with van der Waals surface area (Å²) in [7, 11) is 3.08. The average molecular weight is 234 g/mol. The van der Waals surface area contributed by atoms with Gasteiger partial charge in [-0.3, -0.25) is 0 Å². The molecule has 96 valence electrons. The highest BCUT2D eigenvalue weighted by Gasteiger charge is 2.55. The smallest absolute Gasteiger partial charge is 0.220 e. The Balaban J connectivity index is 2.94. The third-order valence-corrected chi connectivity index (χ3v) is 3.24. The number of hydrogen-bond donors (Lipinski definition) is 2. The minimum Gasteiger partial charge on any atom is -0.349 e. The van der Waals surface area contributed by atoms with Crippen molar-refractivity contribution in [2.75, 3.05) is 27.3 Å². The van der Waals surface area contributed by atoms with Gasteiger partial charge in [0.1, 0.15) is 12.2 Å². The van der Waals surface area contributed by atoms with Crippen LogP contribution in [0.4, 0.5) is 0 Å². The van der Waals surface area contributed by atoms with Gasteiger partial charge < -0.3 is 30.4 Å². The largest absolute Gasteiger partial charge is 0.349 e. The topological polar surface area (TPSA) is 89.0 Å². The molecule has 0 saturated carbocycles. The second kappa shape index (κ2) is 4.95. The molecule has 0 amide bonds. The lowest BCUT2D eigenvalue weighted by molar-refractivity contribution is -0.445. The zero-order valence-corrected chi connectivity index (χ0v) is 10.4. The summed E-state index contributed by atoms with van der Waals surface area (Å²) >= 11 is 0. The van der Waals surface area contributed by atoms with E-state index in [1.807, 2.05) is 0 Å². The lowest BCUT2D eigenvalue weighted by Gasteiger charge is -2.51. The standard InChI is InChI=1S/C10H22N2O4/c1-9(13-3)10(2,14-4)16-8(6-12)7(5-11)15-9/h7-8H,5-6,11-12H2,1-4H3/t7-,8-,9+,10?/m0/s1. The first-order valence-electron chi connectivity index (χ1n) is 5.32. The molecule has 0 spiro atoms. The zero-order valence-electron chi connectivity index (χ0n) is 10.4. The molecule has 0 aliphatic carbocycles. The quantitative estimate of drug-likeness (QED) is 0.676. The van der Waals surface area contributed by atoms with E-state index in [0.29, 0.717) is 13.1 Å². The fourth-order valence-corrected chi connectivity index (χ4v) is 1.81. The summed E-state index contributed by atoms with van der Waals surface area (Å²) in [6.45, 7) is 4.15. The summed E-state index contributed by atoms with van der Waals surface area (Å²) in [5, 5.41) is 0. The molecule has 6 heteroatoms. The highest BCUT2D eigenvalue weighted by atomic mass is 16.8. The van der Waals surface area contributed by atoms with Crippen molar-refractivity contribution in [1.82, 2.24) is 0 Å². The molecular weight excluding hydrogens is 212 g/mol. The second-order valence-electron chi connectivity index (χ2n) is 4.08. The molecule has 1 saturated heterocycles. The van der Waals surface area contributed by atoms with Gasteiger partial charge in [0.25, 0.3) is 0 Å². The van der Waals surface area contributed by atoms with Crippen LogP contribution in [0.25, 0.3) is 0 Å². The fraction of sp³-hybridized carbons (Fsp3) is 1.00. The molecule has 6 nitrogen and oxygen atoms in total. The monoisotopic (exact) mass is 234 g/mol. The number of nitrogens with two attached hydrogens (primary N) is 2. The van der Waals surface area contributed by atoms with E-state index >= 15 is 0 Å². The van der Waals surface area contributed by atoms with E-state index in [2.05, 4.69) is 0 Å². The summed E-state index contributed by atoms with van der Waals surface area (Å²) in [5.74, 6) is -2.01. The Kier molecular flexibility index (Phi) is 4.28. The Hall–Kier alpha value is -0.240. The predicted octanol–water partition coefficient (Wildman–Crippen LogP) is -0.587. The molecule has 1 rings (SSSR count). The molecule has 0 aromatic rings. The van der Waals surface area contributed by atoms with Crippen LogP contribution < -0.4 is 11.5 Å². The zero-order chi connectivity index (χ0) is 12.4. The maximum absolute atomic E-state index is 5.81. The lowest BCUT2D eigenvalue weighted by atomic mass is 10.0. The van der Waals surface area contributed by atoms with Crippen LogP contribution in [-0.4, -0.2) is 51.1 Å². The van der Waals surface area contributed by atoms with Gasteiger partial charge in [-0.15, -0.1) is 0 Å². The Morgan fingerprint density at radius 3 is 1.44 bits per heavy atom. The van der Waals surface area contributed by atoms with Crippen molar-refractivity contribution in [3.05, 3.63) is 0 Å². The second-order valence-corrected chi connectivity index (χ2v) is 4.08. The Bertz CT molecular complexity index is 217. The van der Waals surface area contributed by atoms with Crippen LogP contribution >= 0.6 is 0 Å². The molecule has 4 N–H and O–H groups in total. The molecule has 0 bridgehead atoms. The first kappa shape index (κ1) is 13.8. The van der Waals surface area contributed by atoms with Crippen molar-refractivity contribution in [2.24, 2.45) is 11.5 Å². The van der Waals surface area contributed by atoms with Gasteiger partial charge in [-0.2, -0.15) is 0 Å². The molecule has 1 heterocycles. The van der Waals surface area contributed by atoms with Crippen molar-refractivity contribution < 1.29 is 18.9 Å². The first-order valence-corrected chi connectivity index (χ1v) is 5.32. The highest BCUT2D eigenvalue weighted by molar-refractivity contribution is 4.91. The molecular formula is C10H22N2O4. The van der Waals surface area contributed by atoms with Crippen molar-refractivity contribution in [3.8, 4) is 0 Å². The Morgan fingerprint density at radius 2 is 1.25 bits per heavy atom. The molecule has 1 unspecified atom stereocenters. The van der Waals surface area contributed by atoms with Crippen molar-refractivity contribution in [3.63, 3.8) is 0 Å². The van der Waals surface area contributed by atoms with Crippen LogP contribution in [0.1, 0.15) is 13.8 Å². The van der Waals surface area contributed by atoms with Crippen LogP contribution in [0.15, 0.2) is 0 Å². The molecule has 4 atom stereocenters. The highest BCUT2D eigenvalue weighted by Crippen LogP contribution is 2.38. The van der Waals surface area contributed by atoms with Gasteiger partial charge in [0.05, 0.1) is 0 Å². The van der Waals surface area contributed by atoms with Gasteiger partial charge in [-0.25, -0.2) is 0 Å². The van der Waals surface area contributed by atoms with E-state index in [-0.39, 0.29) is 12.2 Å². The third-order valence-electron chi connectivity index (χ3n) is 3.24. The van der Waals surface area contributed by atoms with Gasteiger partial charge in [-0.1, -0.05) is 0 Å². The Morgan fingerprint density at radius 1 is 0.938 bits per heavy atom. The SMILES string of the molecule is COC1(C)O[C@@H](CN)[C@H](CN)O[C@@]1(C)OC. The maximum atomic E-state index is 5.81. The maximum Gasteiger partial charge on any atom is 0.220 e. The van der Waals surface area contributed by atoms with Crippen LogP contribution in [0, 0.1) is 0 Å². The third kappa shape index (κ3) is 2.09. The minimum absolute atomic E-state index is 0.293. The molecule has 1 fully saturated rings. The first-order chi connectivity index (χ1) is 7.46. The summed E-state index contributed by atoms with van der Waals surface area (Å²) in [6.07, 6.45) is -0.587. The molecule has 0 aromatic carbocycles. The number of ether oxygens (including phenoxy) is 4. The molecule has 1 aliphatic rings. The molecule has 1 aliphatic heterocycles.